The van der Waals surface area contributed by atoms with Crippen LogP contribution < -0.4 is 11.1 Å². The molecule has 3 unspecified atom stereocenters. The van der Waals surface area contributed by atoms with E-state index in [1.54, 1.807) is 14.2 Å². The Morgan fingerprint density at radius 2 is 1.94 bits per heavy atom. The lowest BCUT2D eigenvalue weighted by atomic mass is 10.2. The number of primary amides is 1. The second-order valence-corrected chi connectivity index (χ2v) is 4.61. The fourth-order valence-corrected chi connectivity index (χ4v) is 2.36. The van der Waals surface area contributed by atoms with E-state index in [1.807, 2.05) is 6.92 Å². The van der Waals surface area contributed by atoms with Crippen molar-refractivity contribution in [3.05, 3.63) is 0 Å². The number of hydrogen-bond donors (Lipinski definition) is 2. The lowest BCUT2D eigenvalue weighted by Gasteiger charge is -2.19. The highest BCUT2D eigenvalue weighted by Crippen LogP contribution is 2.16. The fraction of sp³-hybridized carbons (Fsp3) is 0.917. The lowest BCUT2D eigenvalue weighted by Crippen LogP contribution is -2.43. The summed E-state index contributed by atoms with van der Waals surface area (Å²) in [6, 6.07) is -0.252. The Morgan fingerprint density at radius 3 is 2.33 bits per heavy atom. The zero-order chi connectivity index (χ0) is 13.5. The summed E-state index contributed by atoms with van der Waals surface area (Å²) in [6.45, 7) is 5.21. The molecule has 6 nitrogen and oxygen atoms in total. The molecule has 1 aliphatic rings. The molecule has 0 saturated carbocycles. The molecule has 0 aliphatic carbocycles. The molecule has 1 fully saturated rings. The average molecular weight is 259 g/mol. The highest BCUT2D eigenvalue weighted by atomic mass is 16.5. The maximum atomic E-state index is 11.2. The zero-order valence-corrected chi connectivity index (χ0v) is 11.5. The first-order chi connectivity index (χ1) is 8.62. The minimum atomic E-state index is -0.289. The third-order valence-corrected chi connectivity index (χ3v) is 3.42. The molecule has 1 amide bonds. The van der Waals surface area contributed by atoms with Crippen LogP contribution in [0.1, 0.15) is 13.3 Å². The Balaban J connectivity index is 2.37. The van der Waals surface area contributed by atoms with Crippen LogP contribution in [0.2, 0.25) is 0 Å². The van der Waals surface area contributed by atoms with Crippen molar-refractivity contribution in [2.24, 2.45) is 5.73 Å². The molecule has 1 saturated heterocycles. The van der Waals surface area contributed by atoms with Crippen LogP contribution in [0.5, 0.6) is 0 Å². The van der Waals surface area contributed by atoms with E-state index < -0.39 is 0 Å². The Hall–Kier alpha value is -0.690. The third-order valence-electron chi connectivity index (χ3n) is 3.42. The van der Waals surface area contributed by atoms with Crippen LogP contribution in [0.4, 0.5) is 0 Å². The lowest BCUT2D eigenvalue weighted by molar-refractivity contribution is -0.120. The predicted octanol–water partition coefficient (Wildman–Crippen LogP) is -0.814. The molecule has 1 aliphatic heterocycles. The second-order valence-electron chi connectivity index (χ2n) is 4.61. The van der Waals surface area contributed by atoms with Gasteiger partial charge in [0.15, 0.2) is 0 Å². The molecule has 106 valence electrons. The van der Waals surface area contributed by atoms with Crippen molar-refractivity contribution < 1.29 is 14.3 Å². The summed E-state index contributed by atoms with van der Waals surface area (Å²) in [5, 5.41) is 3.09. The first-order valence-electron chi connectivity index (χ1n) is 6.43. The van der Waals surface area contributed by atoms with Crippen LogP contribution in [0.3, 0.4) is 0 Å². The number of ether oxygens (including phenoxy) is 2. The van der Waals surface area contributed by atoms with Gasteiger partial charge < -0.3 is 20.5 Å². The van der Waals surface area contributed by atoms with Gasteiger partial charge >= 0.3 is 0 Å². The van der Waals surface area contributed by atoms with E-state index in [0.717, 1.165) is 32.6 Å². The van der Waals surface area contributed by atoms with E-state index in [4.69, 9.17) is 15.2 Å². The van der Waals surface area contributed by atoms with Gasteiger partial charge in [0.1, 0.15) is 0 Å². The van der Waals surface area contributed by atoms with Crippen LogP contribution >= 0.6 is 0 Å². The molecule has 0 aromatic rings. The van der Waals surface area contributed by atoms with E-state index >= 15 is 0 Å². The van der Waals surface area contributed by atoms with Crippen LogP contribution in [0.15, 0.2) is 0 Å². The Labute approximate surface area is 109 Å². The van der Waals surface area contributed by atoms with Gasteiger partial charge in [0, 0.05) is 33.9 Å². The molecule has 0 aromatic carbocycles. The quantitative estimate of drug-likeness (QED) is 0.596. The fourth-order valence-electron chi connectivity index (χ4n) is 2.36. The van der Waals surface area contributed by atoms with Gasteiger partial charge in [0.25, 0.3) is 0 Å². The van der Waals surface area contributed by atoms with Crippen molar-refractivity contribution in [2.45, 2.75) is 31.6 Å². The van der Waals surface area contributed by atoms with Crippen molar-refractivity contribution in [3.63, 3.8) is 0 Å². The van der Waals surface area contributed by atoms with Crippen molar-refractivity contribution in [3.8, 4) is 0 Å². The average Bonchev–Trinajstić information content (AvgIpc) is 2.76. The summed E-state index contributed by atoms with van der Waals surface area (Å²) >= 11 is 0. The number of hydrogen-bond acceptors (Lipinski definition) is 5. The van der Waals surface area contributed by atoms with E-state index in [9.17, 15) is 4.79 Å². The van der Waals surface area contributed by atoms with Crippen molar-refractivity contribution in [1.29, 1.82) is 0 Å². The van der Waals surface area contributed by atoms with E-state index in [-0.39, 0.29) is 24.2 Å². The molecular weight excluding hydrogens is 234 g/mol. The van der Waals surface area contributed by atoms with Crippen LogP contribution in [-0.4, -0.2) is 69.5 Å². The van der Waals surface area contributed by atoms with E-state index in [0.29, 0.717) is 0 Å². The van der Waals surface area contributed by atoms with Gasteiger partial charge in [0.2, 0.25) is 5.91 Å². The Morgan fingerprint density at radius 1 is 1.39 bits per heavy atom. The maximum Gasteiger partial charge on any atom is 0.234 e. The van der Waals surface area contributed by atoms with Gasteiger partial charge in [-0.15, -0.1) is 0 Å². The van der Waals surface area contributed by atoms with Gasteiger partial charge in [-0.3, -0.25) is 9.69 Å². The van der Waals surface area contributed by atoms with Gasteiger partial charge in [-0.2, -0.15) is 0 Å². The highest BCUT2D eigenvalue weighted by Gasteiger charge is 2.33. The smallest absolute Gasteiger partial charge is 0.234 e. The van der Waals surface area contributed by atoms with Crippen LogP contribution in [0.25, 0.3) is 0 Å². The first kappa shape index (κ1) is 15.4. The third kappa shape index (κ3) is 4.20. The number of nitrogens with zero attached hydrogens (tertiary/aromatic N) is 1. The summed E-state index contributed by atoms with van der Waals surface area (Å²) in [4.78, 5) is 13.5. The molecule has 1 rings (SSSR count). The number of nitrogens with two attached hydrogens (primary N) is 1. The van der Waals surface area contributed by atoms with Gasteiger partial charge in [0.05, 0.1) is 18.2 Å². The number of likely N-dealkylation sites (N-methyl/N-ethyl adjacent to an activating group) is 1. The number of rotatable bonds is 8. The topological polar surface area (TPSA) is 76.8 Å². The number of amides is 1. The monoisotopic (exact) mass is 259 g/mol. The summed E-state index contributed by atoms with van der Waals surface area (Å²) < 4.78 is 10.7. The zero-order valence-electron chi connectivity index (χ0n) is 11.5. The summed E-state index contributed by atoms with van der Waals surface area (Å²) in [5.74, 6) is -0.289. The Kier molecular flexibility index (Phi) is 6.56. The molecule has 0 aromatic heterocycles. The molecule has 1 heterocycles. The molecule has 0 radical (unpaired) electrons. The molecule has 6 heteroatoms. The van der Waals surface area contributed by atoms with E-state index in [2.05, 4.69) is 10.2 Å². The number of carbonyl (C=O) groups is 1. The van der Waals surface area contributed by atoms with Crippen molar-refractivity contribution >= 4 is 5.91 Å². The number of nitrogens with one attached hydrogen (secondary N) is 1. The van der Waals surface area contributed by atoms with Crippen LogP contribution in [-0.2, 0) is 14.3 Å². The first-order valence-corrected chi connectivity index (χ1v) is 6.43. The minimum Gasteiger partial charge on any atom is -0.377 e. The molecule has 3 atom stereocenters. The maximum absolute atomic E-state index is 11.2. The van der Waals surface area contributed by atoms with Crippen molar-refractivity contribution in [1.82, 2.24) is 10.2 Å². The molecule has 0 bridgehead atoms. The Bertz CT molecular complexity index is 251. The molecular formula is C12H25N3O3. The largest absolute Gasteiger partial charge is 0.377 e. The van der Waals surface area contributed by atoms with Crippen molar-refractivity contribution in [2.75, 3.05) is 40.4 Å². The molecule has 3 N–H and O–H groups in total. The number of carbonyl (C=O) groups excluding carboxylic acids is 1. The number of likely N-dealkylation sites (tertiary alicyclic amines) is 1. The standard InChI is InChI=1S/C12H25N3O3/c1-4-14-9(12(13)16)5-6-15-7-10(17-2)11(8-15)18-3/h9-11,14H,4-8H2,1-3H3,(H2,13,16). The van der Waals surface area contributed by atoms with Gasteiger partial charge in [-0.25, -0.2) is 0 Å². The normalized spacial score (nSPS) is 26.4. The summed E-state index contributed by atoms with van der Waals surface area (Å²) in [7, 11) is 3.40. The van der Waals surface area contributed by atoms with E-state index in [1.165, 1.54) is 0 Å². The molecule has 18 heavy (non-hydrogen) atoms. The van der Waals surface area contributed by atoms with Gasteiger partial charge in [-0.1, -0.05) is 6.92 Å². The second kappa shape index (κ2) is 7.68. The SMILES string of the molecule is CCNC(CCN1CC(OC)C(OC)C1)C(N)=O. The van der Waals surface area contributed by atoms with Gasteiger partial charge in [-0.05, 0) is 13.0 Å². The van der Waals surface area contributed by atoms with Crippen LogP contribution in [0, 0.1) is 0 Å². The highest BCUT2D eigenvalue weighted by molar-refractivity contribution is 5.79. The summed E-state index contributed by atoms with van der Waals surface area (Å²) in [6.07, 6.45) is 0.943. The summed E-state index contributed by atoms with van der Waals surface area (Å²) in [5.41, 5.74) is 5.35. The predicted molar refractivity (Wildman–Crippen MR) is 69.3 cm³/mol. The molecule has 0 spiro atoms. The minimum absolute atomic E-state index is 0.112. The number of methoxy groups -OCH3 is 2.